The van der Waals surface area contributed by atoms with E-state index in [1.54, 1.807) is 6.07 Å². The molecule has 0 heterocycles. The molecule has 0 saturated carbocycles. The maximum Gasteiger partial charge on any atom is 0.306 e. The zero-order valence-electron chi connectivity index (χ0n) is 14.8. The second-order valence-electron chi connectivity index (χ2n) is 5.99. The second-order valence-corrected chi connectivity index (χ2v) is 7.13. The number of carbonyl (C=O) groups excluding carboxylic acids is 2. The number of carbonyl (C=O) groups is 2. The van der Waals surface area contributed by atoms with Crippen LogP contribution in [0.1, 0.15) is 61.9 Å². The number of phenols is 1. The Morgan fingerprint density at radius 1 is 1.38 bits per heavy atom. The van der Waals surface area contributed by atoms with Gasteiger partial charge in [0.1, 0.15) is 12.0 Å². The lowest BCUT2D eigenvalue weighted by atomic mass is 10.0. The highest BCUT2D eigenvalue weighted by molar-refractivity contribution is 7.99. The Morgan fingerprint density at radius 3 is 2.75 bits per heavy atom. The molecule has 24 heavy (non-hydrogen) atoms. The summed E-state index contributed by atoms with van der Waals surface area (Å²) in [5.41, 5.74) is 1.29. The number of ether oxygens (including phenoxy) is 1. The SMILES string of the molecule is CCCCC(CC)COC(=O)CCSc1cc(C)c(C=O)cc1O. The normalized spacial score (nSPS) is 12.0. The van der Waals surface area contributed by atoms with Crippen molar-refractivity contribution in [3.8, 4) is 5.75 Å². The summed E-state index contributed by atoms with van der Waals surface area (Å²) < 4.78 is 5.36. The van der Waals surface area contributed by atoms with E-state index in [0.29, 0.717) is 35.2 Å². The van der Waals surface area contributed by atoms with Crippen molar-refractivity contribution in [1.82, 2.24) is 0 Å². The molecule has 0 saturated heterocycles. The topological polar surface area (TPSA) is 63.6 Å². The molecule has 1 unspecified atom stereocenters. The van der Waals surface area contributed by atoms with E-state index in [1.165, 1.54) is 24.2 Å². The van der Waals surface area contributed by atoms with E-state index in [9.17, 15) is 14.7 Å². The van der Waals surface area contributed by atoms with Crippen molar-refractivity contribution >= 4 is 24.0 Å². The molecule has 4 nitrogen and oxygen atoms in total. The molecule has 0 aliphatic heterocycles. The first kappa shape index (κ1) is 20.6. The predicted octanol–water partition coefficient (Wildman–Crippen LogP) is 4.75. The van der Waals surface area contributed by atoms with Crippen LogP contribution in [0.15, 0.2) is 17.0 Å². The molecule has 0 spiro atoms. The van der Waals surface area contributed by atoms with Crippen LogP contribution in [0.25, 0.3) is 0 Å². The molecule has 0 aliphatic carbocycles. The Balaban J connectivity index is 2.38. The Morgan fingerprint density at radius 2 is 2.12 bits per heavy atom. The third-order valence-electron chi connectivity index (χ3n) is 4.06. The van der Waals surface area contributed by atoms with Crippen molar-refractivity contribution < 1.29 is 19.4 Å². The number of aldehydes is 1. The van der Waals surface area contributed by atoms with Crippen LogP contribution in [-0.4, -0.2) is 29.7 Å². The van der Waals surface area contributed by atoms with Crippen molar-refractivity contribution in [2.45, 2.75) is 57.8 Å². The fraction of sp³-hybridized carbons (Fsp3) is 0.579. The Bertz CT molecular complexity index is 542. The van der Waals surface area contributed by atoms with Crippen LogP contribution >= 0.6 is 11.8 Å². The minimum Gasteiger partial charge on any atom is -0.507 e. The molecule has 0 aromatic heterocycles. The van der Waals surface area contributed by atoms with Gasteiger partial charge in [0.2, 0.25) is 0 Å². The average molecular weight is 352 g/mol. The Hall–Kier alpha value is -1.49. The van der Waals surface area contributed by atoms with E-state index in [4.69, 9.17) is 4.74 Å². The lowest BCUT2D eigenvalue weighted by molar-refractivity contribution is -0.144. The molecule has 0 aliphatic rings. The molecule has 1 rings (SSSR count). The van der Waals surface area contributed by atoms with E-state index in [2.05, 4.69) is 13.8 Å². The van der Waals surface area contributed by atoms with Gasteiger partial charge in [-0.2, -0.15) is 0 Å². The first-order chi connectivity index (χ1) is 11.5. The van der Waals surface area contributed by atoms with E-state index in [0.717, 1.165) is 31.1 Å². The number of hydrogen-bond donors (Lipinski definition) is 1. The molecule has 5 heteroatoms. The van der Waals surface area contributed by atoms with E-state index < -0.39 is 0 Å². The number of esters is 1. The van der Waals surface area contributed by atoms with Crippen LogP contribution in [0.2, 0.25) is 0 Å². The lowest BCUT2D eigenvalue weighted by Gasteiger charge is -2.14. The number of phenolic OH excluding ortho intramolecular Hbond substituents is 1. The van der Waals surface area contributed by atoms with Crippen LogP contribution < -0.4 is 0 Å². The number of thioether (sulfide) groups is 1. The zero-order valence-corrected chi connectivity index (χ0v) is 15.7. The average Bonchev–Trinajstić information content (AvgIpc) is 2.57. The summed E-state index contributed by atoms with van der Waals surface area (Å²) in [5.74, 6) is 0.867. The molecule has 0 amide bonds. The second kappa shape index (κ2) is 11.1. The van der Waals surface area contributed by atoms with E-state index in [1.807, 2.05) is 6.92 Å². The van der Waals surface area contributed by atoms with Crippen LogP contribution in [0.5, 0.6) is 5.75 Å². The zero-order chi connectivity index (χ0) is 17.9. The van der Waals surface area contributed by atoms with Gasteiger partial charge in [-0.1, -0.05) is 33.1 Å². The fourth-order valence-corrected chi connectivity index (χ4v) is 3.31. The minimum atomic E-state index is -0.196. The number of aromatic hydroxyl groups is 1. The fourth-order valence-electron chi connectivity index (χ4n) is 2.35. The lowest BCUT2D eigenvalue weighted by Crippen LogP contribution is -2.14. The van der Waals surface area contributed by atoms with Gasteiger partial charge in [0.25, 0.3) is 0 Å². The molecule has 1 aromatic rings. The minimum absolute atomic E-state index is 0.0756. The number of unbranched alkanes of at least 4 members (excludes halogenated alkanes) is 1. The highest BCUT2D eigenvalue weighted by Gasteiger charge is 2.11. The predicted molar refractivity (Wildman–Crippen MR) is 97.8 cm³/mol. The summed E-state index contributed by atoms with van der Waals surface area (Å²) in [6, 6.07) is 3.23. The maximum absolute atomic E-state index is 11.8. The number of aryl methyl sites for hydroxylation is 1. The van der Waals surface area contributed by atoms with E-state index >= 15 is 0 Å². The van der Waals surface area contributed by atoms with Crippen molar-refractivity contribution in [1.29, 1.82) is 0 Å². The molecule has 0 fully saturated rings. The molecule has 134 valence electrons. The van der Waals surface area contributed by atoms with Crippen molar-refractivity contribution in [2.24, 2.45) is 5.92 Å². The van der Waals surface area contributed by atoms with E-state index in [-0.39, 0.29) is 11.7 Å². The van der Waals surface area contributed by atoms with Gasteiger partial charge in [0, 0.05) is 16.2 Å². The molecule has 1 N–H and O–H groups in total. The molecular formula is C19H28O4S. The molecular weight excluding hydrogens is 324 g/mol. The summed E-state index contributed by atoms with van der Waals surface area (Å²) in [6.45, 7) is 6.61. The number of benzene rings is 1. The highest BCUT2D eigenvalue weighted by atomic mass is 32.2. The Kier molecular flexibility index (Phi) is 9.53. The summed E-state index contributed by atoms with van der Waals surface area (Å²) >= 11 is 1.40. The van der Waals surface area contributed by atoms with Gasteiger partial charge in [-0.25, -0.2) is 0 Å². The summed E-state index contributed by atoms with van der Waals surface area (Å²) in [5, 5.41) is 9.91. The van der Waals surface area contributed by atoms with Gasteiger partial charge in [0.05, 0.1) is 13.0 Å². The Labute approximate surface area is 149 Å². The van der Waals surface area contributed by atoms with Crippen molar-refractivity contribution in [3.63, 3.8) is 0 Å². The quantitative estimate of drug-likeness (QED) is 0.353. The molecule has 0 radical (unpaired) electrons. The number of hydrogen-bond acceptors (Lipinski definition) is 5. The van der Waals surface area contributed by atoms with Gasteiger partial charge < -0.3 is 9.84 Å². The first-order valence-corrected chi connectivity index (χ1v) is 9.57. The van der Waals surface area contributed by atoms with Crippen molar-refractivity contribution in [3.05, 3.63) is 23.3 Å². The van der Waals surface area contributed by atoms with Crippen LogP contribution in [-0.2, 0) is 9.53 Å². The maximum atomic E-state index is 11.8. The largest absolute Gasteiger partial charge is 0.507 e. The van der Waals surface area contributed by atoms with Gasteiger partial charge >= 0.3 is 5.97 Å². The smallest absolute Gasteiger partial charge is 0.306 e. The molecule has 0 bridgehead atoms. The molecule has 1 aromatic carbocycles. The molecule has 1 atom stereocenters. The monoisotopic (exact) mass is 352 g/mol. The summed E-state index contributed by atoms with van der Waals surface area (Å²) in [4.78, 5) is 23.3. The van der Waals surface area contributed by atoms with Gasteiger partial charge in [-0.3, -0.25) is 9.59 Å². The van der Waals surface area contributed by atoms with Crippen LogP contribution in [0.3, 0.4) is 0 Å². The third kappa shape index (κ3) is 6.95. The van der Waals surface area contributed by atoms with Gasteiger partial charge in [0.15, 0.2) is 0 Å². The third-order valence-corrected chi connectivity index (χ3v) is 5.11. The number of rotatable bonds is 11. The highest BCUT2D eigenvalue weighted by Crippen LogP contribution is 2.31. The summed E-state index contributed by atoms with van der Waals surface area (Å²) in [6.07, 6.45) is 5.49. The van der Waals surface area contributed by atoms with Crippen LogP contribution in [0.4, 0.5) is 0 Å². The first-order valence-electron chi connectivity index (χ1n) is 8.58. The van der Waals surface area contributed by atoms with Gasteiger partial charge in [-0.05, 0) is 37.0 Å². The van der Waals surface area contributed by atoms with Crippen LogP contribution in [0, 0.1) is 12.8 Å². The standard InChI is InChI=1S/C19H28O4S/c1-4-6-7-15(5-2)13-23-19(22)8-9-24-18-10-14(3)16(12-20)11-17(18)21/h10-12,15,21H,4-9,13H2,1-3H3. The summed E-state index contributed by atoms with van der Waals surface area (Å²) in [7, 11) is 0. The van der Waals surface area contributed by atoms with Gasteiger partial charge in [-0.15, -0.1) is 11.8 Å². The van der Waals surface area contributed by atoms with Crippen molar-refractivity contribution in [2.75, 3.05) is 12.4 Å².